The van der Waals surface area contributed by atoms with E-state index in [-0.39, 0.29) is 24.1 Å². The first kappa shape index (κ1) is 22.0. The third-order valence-electron chi connectivity index (χ3n) is 5.61. The molecule has 1 aliphatic heterocycles. The van der Waals surface area contributed by atoms with Crippen molar-refractivity contribution >= 4 is 11.8 Å². The molecule has 1 amide bonds. The lowest BCUT2D eigenvalue weighted by Gasteiger charge is -2.42. The number of carbonyl (C=O) groups is 1. The second-order valence-corrected chi connectivity index (χ2v) is 7.80. The SMILES string of the molecule is CCOC(=O)N1c2cc(OC)c(OC)cc2[C@H](NCc2ccccc2)C[C@@H]1C(C)C. The monoisotopic (exact) mass is 412 g/mol. The maximum absolute atomic E-state index is 12.9. The number of hydrogen-bond donors (Lipinski definition) is 1. The highest BCUT2D eigenvalue weighted by Crippen LogP contribution is 2.45. The summed E-state index contributed by atoms with van der Waals surface area (Å²) in [6.07, 6.45) is 0.456. The summed E-state index contributed by atoms with van der Waals surface area (Å²) in [6, 6.07) is 14.2. The van der Waals surface area contributed by atoms with Crippen LogP contribution in [0, 0.1) is 5.92 Å². The van der Waals surface area contributed by atoms with E-state index in [1.165, 1.54) is 5.56 Å². The molecule has 30 heavy (non-hydrogen) atoms. The van der Waals surface area contributed by atoms with Crippen molar-refractivity contribution < 1.29 is 19.0 Å². The number of fused-ring (bicyclic) bond motifs is 1. The lowest BCUT2D eigenvalue weighted by molar-refractivity contribution is 0.152. The van der Waals surface area contributed by atoms with Gasteiger partial charge in [0.15, 0.2) is 11.5 Å². The van der Waals surface area contributed by atoms with Crippen molar-refractivity contribution in [2.75, 3.05) is 25.7 Å². The molecule has 0 saturated heterocycles. The van der Waals surface area contributed by atoms with Gasteiger partial charge in [-0.3, -0.25) is 4.90 Å². The number of ether oxygens (including phenoxy) is 3. The molecule has 2 aromatic rings. The quantitative estimate of drug-likeness (QED) is 0.699. The molecule has 0 unspecified atom stereocenters. The van der Waals surface area contributed by atoms with E-state index in [0.29, 0.717) is 18.1 Å². The Morgan fingerprint density at radius 3 is 2.40 bits per heavy atom. The third kappa shape index (κ3) is 4.54. The van der Waals surface area contributed by atoms with Crippen LogP contribution in [0.1, 0.15) is 44.4 Å². The Morgan fingerprint density at radius 2 is 1.80 bits per heavy atom. The van der Waals surface area contributed by atoms with Crippen LogP contribution in [0.25, 0.3) is 0 Å². The number of nitrogens with zero attached hydrogens (tertiary/aromatic N) is 1. The van der Waals surface area contributed by atoms with Crippen LogP contribution >= 0.6 is 0 Å². The summed E-state index contributed by atoms with van der Waals surface area (Å²) in [5, 5.41) is 3.68. The molecule has 1 heterocycles. The lowest BCUT2D eigenvalue weighted by atomic mass is 9.85. The number of amides is 1. The minimum absolute atomic E-state index is 0.00271. The summed E-state index contributed by atoms with van der Waals surface area (Å²) >= 11 is 0. The highest BCUT2D eigenvalue weighted by atomic mass is 16.6. The molecule has 2 aromatic carbocycles. The summed E-state index contributed by atoms with van der Waals surface area (Å²) < 4.78 is 16.5. The highest BCUT2D eigenvalue weighted by Gasteiger charge is 2.39. The van der Waals surface area contributed by atoms with Crippen LogP contribution in [-0.2, 0) is 11.3 Å². The molecule has 0 saturated carbocycles. The molecular weight excluding hydrogens is 380 g/mol. The van der Waals surface area contributed by atoms with Crippen molar-refractivity contribution in [3.05, 3.63) is 53.6 Å². The largest absolute Gasteiger partial charge is 0.493 e. The van der Waals surface area contributed by atoms with Gasteiger partial charge in [0, 0.05) is 24.7 Å². The fraction of sp³-hybridized carbons (Fsp3) is 0.458. The molecular formula is C24H32N2O4. The topological polar surface area (TPSA) is 60.0 Å². The summed E-state index contributed by atoms with van der Waals surface area (Å²) in [6.45, 7) is 7.17. The van der Waals surface area contributed by atoms with Crippen LogP contribution in [0.15, 0.2) is 42.5 Å². The number of nitrogens with one attached hydrogen (secondary N) is 1. The van der Waals surface area contributed by atoms with Crippen molar-refractivity contribution in [2.45, 2.75) is 45.8 Å². The van der Waals surface area contributed by atoms with Crippen LogP contribution in [0.4, 0.5) is 10.5 Å². The van der Waals surface area contributed by atoms with E-state index in [2.05, 4.69) is 31.3 Å². The van der Waals surface area contributed by atoms with Gasteiger partial charge in [-0.05, 0) is 36.5 Å². The molecule has 1 N–H and O–H groups in total. The number of anilines is 1. The van der Waals surface area contributed by atoms with Gasteiger partial charge in [-0.1, -0.05) is 44.2 Å². The van der Waals surface area contributed by atoms with Crippen LogP contribution in [-0.4, -0.2) is 33.0 Å². The number of hydrogen-bond acceptors (Lipinski definition) is 5. The maximum atomic E-state index is 12.9. The van der Waals surface area contributed by atoms with E-state index in [1.54, 1.807) is 19.1 Å². The van der Waals surface area contributed by atoms with Gasteiger partial charge in [0.2, 0.25) is 0 Å². The van der Waals surface area contributed by atoms with Gasteiger partial charge in [0.05, 0.1) is 26.5 Å². The van der Waals surface area contributed by atoms with E-state index in [1.807, 2.05) is 37.3 Å². The Morgan fingerprint density at radius 1 is 1.13 bits per heavy atom. The fourth-order valence-electron chi connectivity index (χ4n) is 4.05. The lowest BCUT2D eigenvalue weighted by Crippen LogP contribution is -2.49. The van der Waals surface area contributed by atoms with Crippen LogP contribution in [0.2, 0.25) is 0 Å². The number of rotatable bonds is 7. The molecule has 6 heteroatoms. The molecule has 6 nitrogen and oxygen atoms in total. The molecule has 0 spiro atoms. The molecule has 0 aromatic heterocycles. The molecule has 1 aliphatic rings. The Labute approximate surface area is 179 Å². The average molecular weight is 413 g/mol. The first-order valence-corrected chi connectivity index (χ1v) is 10.5. The second-order valence-electron chi connectivity index (χ2n) is 7.80. The van der Waals surface area contributed by atoms with E-state index in [0.717, 1.165) is 24.2 Å². The highest BCUT2D eigenvalue weighted by molar-refractivity contribution is 5.91. The zero-order valence-corrected chi connectivity index (χ0v) is 18.5. The Hall–Kier alpha value is -2.73. The minimum atomic E-state index is -0.328. The predicted octanol–water partition coefficient (Wildman–Crippen LogP) is 4.93. The van der Waals surface area contributed by atoms with Crippen molar-refractivity contribution in [3.63, 3.8) is 0 Å². The Balaban J connectivity index is 2.04. The van der Waals surface area contributed by atoms with E-state index in [9.17, 15) is 4.79 Å². The smallest absolute Gasteiger partial charge is 0.414 e. The minimum Gasteiger partial charge on any atom is -0.493 e. The summed E-state index contributed by atoms with van der Waals surface area (Å²) in [5.74, 6) is 1.50. The van der Waals surface area contributed by atoms with E-state index >= 15 is 0 Å². The van der Waals surface area contributed by atoms with E-state index in [4.69, 9.17) is 14.2 Å². The van der Waals surface area contributed by atoms with Gasteiger partial charge in [0.25, 0.3) is 0 Å². The summed E-state index contributed by atoms with van der Waals surface area (Å²) in [4.78, 5) is 14.7. The predicted molar refractivity (Wildman–Crippen MR) is 118 cm³/mol. The van der Waals surface area contributed by atoms with Gasteiger partial charge < -0.3 is 19.5 Å². The van der Waals surface area contributed by atoms with Crippen LogP contribution < -0.4 is 19.7 Å². The first-order valence-electron chi connectivity index (χ1n) is 10.5. The normalized spacial score (nSPS) is 18.1. The van der Waals surface area contributed by atoms with Crippen molar-refractivity contribution in [3.8, 4) is 11.5 Å². The van der Waals surface area contributed by atoms with Gasteiger partial charge in [-0.15, -0.1) is 0 Å². The maximum Gasteiger partial charge on any atom is 0.414 e. The second kappa shape index (κ2) is 9.85. The average Bonchev–Trinajstić information content (AvgIpc) is 2.76. The van der Waals surface area contributed by atoms with Crippen LogP contribution in [0.5, 0.6) is 11.5 Å². The summed E-state index contributed by atoms with van der Waals surface area (Å²) in [7, 11) is 3.23. The first-order chi connectivity index (χ1) is 14.5. The zero-order valence-electron chi connectivity index (χ0n) is 18.5. The van der Waals surface area contributed by atoms with E-state index < -0.39 is 0 Å². The fourth-order valence-corrected chi connectivity index (χ4v) is 4.05. The van der Waals surface area contributed by atoms with Gasteiger partial charge >= 0.3 is 6.09 Å². The molecule has 2 atom stereocenters. The Bertz CT molecular complexity index is 854. The number of methoxy groups -OCH3 is 2. The molecule has 162 valence electrons. The van der Waals surface area contributed by atoms with Crippen molar-refractivity contribution in [2.24, 2.45) is 5.92 Å². The van der Waals surface area contributed by atoms with Gasteiger partial charge in [-0.25, -0.2) is 4.79 Å². The molecule has 3 rings (SSSR count). The molecule has 0 bridgehead atoms. The van der Waals surface area contributed by atoms with Gasteiger partial charge in [0.1, 0.15) is 0 Å². The van der Waals surface area contributed by atoms with Crippen LogP contribution in [0.3, 0.4) is 0 Å². The molecule has 0 aliphatic carbocycles. The number of carbonyl (C=O) groups excluding carboxylic acids is 1. The standard InChI is InChI=1S/C24H32N2O4/c1-6-30-24(27)26-20(16(2)3)13-19(25-15-17-10-8-7-9-11-17)18-12-22(28-4)23(29-5)14-21(18)26/h7-12,14,16,19-20,25H,6,13,15H2,1-5H3/t19-,20-/m1/s1. The molecule has 0 radical (unpaired) electrons. The van der Waals surface area contributed by atoms with Crippen molar-refractivity contribution in [1.82, 2.24) is 5.32 Å². The number of benzene rings is 2. The van der Waals surface area contributed by atoms with Crippen molar-refractivity contribution in [1.29, 1.82) is 0 Å². The summed E-state index contributed by atoms with van der Waals surface area (Å²) in [5.41, 5.74) is 3.03. The van der Waals surface area contributed by atoms with Gasteiger partial charge in [-0.2, -0.15) is 0 Å². The third-order valence-corrected chi connectivity index (χ3v) is 5.61. The molecule has 0 fully saturated rings. The Kier molecular flexibility index (Phi) is 7.21. The zero-order chi connectivity index (χ0) is 21.7.